The van der Waals surface area contributed by atoms with Gasteiger partial charge in [0.05, 0.1) is 16.3 Å². The molecule has 0 saturated carbocycles. The number of likely N-dealkylation sites (N-methyl/N-ethyl adjacent to an activating group) is 1. The van der Waals surface area contributed by atoms with Crippen LogP contribution in [-0.4, -0.2) is 73.6 Å². The highest BCUT2D eigenvalue weighted by Gasteiger charge is 2.35. The minimum atomic E-state index is -0.528. The standard InChI is InChI=1S/C33H36Cl2N4O4/c1-3-37-16-18-38(19-17-37)30(40)20-23-10-15-31(43-2)39(29-14-11-24(34)21-27(23)29)33(42)22-8-12-25(13-9-22)36-32(41)26-6-4-5-7-28(26)35/h4-9,11-14,21,23,31H,3,10,15-20H2,1-2H3,(H,36,41). The maximum absolute atomic E-state index is 14.0. The zero-order chi connectivity index (χ0) is 30.5. The van der Waals surface area contributed by atoms with Gasteiger partial charge in [-0.05, 0) is 85.5 Å². The van der Waals surface area contributed by atoms with Gasteiger partial charge in [0.2, 0.25) is 5.91 Å². The molecule has 2 heterocycles. The van der Waals surface area contributed by atoms with Gasteiger partial charge in [0, 0.05) is 56.0 Å². The highest BCUT2D eigenvalue weighted by molar-refractivity contribution is 6.34. The summed E-state index contributed by atoms with van der Waals surface area (Å²) in [4.78, 5) is 46.1. The molecule has 0 bridgehead atoms. The Bertz CT molecular complexity index is 1470. The number of ether oxygens (including phenoxy) is 1. The molecule has 5 rings (SSSR count). The number of methoxy groups -OCH3 is 1. The molecule has 8 nitrogen and oxygen atoms in total. The van der Waals surface area contributed by atoms with Gasteiger partial charge in [-0.15, -0.1) is 0 Å². The summed E-state index contributed by atoms with van der Waals surface area (Å²) in [6.07, 6.45) is 1.04. The molecule has 10 heteroatoms. The predicted molar refractivity (Wildman–Crippen MR) is 170 cm³/mol. The Hall–Kier alpha value is -3.43. The second kappa shape index (κ2) is 13.9. The molecule has 43 heavy (non-hydrogen) atoms. The van der Waals surface area contributed by atoms with Gasteiger partial charge in [-0.25, -0.2) is 0 Å². The number of carbonyl (C=O) groups excluding carboxylic acids is 3. The maximum Gasteiger partial charge on any atom is 0.260 e. The Kier molecular flexibility index (Phi) is 10.0. The van der Waals surface area contributed by atoms with Crippen LogP contribution in [0.4, 0.5) is 11.4 Å². The Morgan fingerprint density at radius 3 is 2.33 bits per heavy atom. The van der Waals surface area contributed by atoms with E-state index in [1.54, 1.807) is 66.6 Å². The molecule has 3 aromatic rings. The summed E-state index contributed by atoms with van der Waals surface area (Å²) in [5.41, 5.74) is 2.88. The van der Waals surface area contributed by atoms with E-state index in [1.807, 2.05) is 17.0 Å². The van der Waals surface area contributed by atoms with Crippen LogP contribution in [0.2, 0.25) is 10.0 Å². The number of hydrogen-bond acceptors (Lipinski definition) is 5. The molecule has 226 valence electrons. The third-order valence-corrected chi connectivity index (χ3v) is 8.90. The molecule has 2 aliphatic rings. The smallest absolute Gasteiger partial charge is 0.260 e. The van der Waals surface area contributed by atoms with E-state index in [0.717, 1.165) is 38.3 Å². The van der Waals surface area contributed by atoms with Gasteiger partial charge in [-0.3, -0.25) is 19.3 Å². The van der Waals surface area contributed by atoms with Crippen molar-refractivity contribution in [3.05, 3.63) is 93.5 Å². The first-order valence-corrected chi connectivity index (χ1v) is 15.4. The lowest BCUT2D eigenvalue weighted by Crippen LogP contribution is -2.48. The quantitative estimate of drug-likeness (QED) is 0.334. The van der Waals surface area contributed by atoms with Crippen molar-refractivity contribution in [2.75, 3.05) is 50.1 Å². The first-order valence-electron chi connectivity index (χ1n) is 14.6. The Labute approximate surface area is 262 Å². The van der Waals surface area contributed by atoms with Crippen molar-refractivity contribution in [2.45, 2.75) is 38.3 Å². The minimum Gasteiger partial charge on any atom is -0.361 e. The van der Waals surface area contributed by atoms with Gasteiger partial charge in [-0.1, -0.05) is 42.3 Å². The second-order valence-corrected chi connectivity index (χ2v) is 11.7. The number of fused-ring (bicyclic) bond motifs is 1. The molecule has 1 N–H and O–H groups in total. The molecule has 2 aliphatic heterocycles. The van der Waals surface area contributed by atoms with Crippen molar-refractivity contribution in [1.82, 2.24) is 9.80 Å². The fraction of sp³-hybridized carbons (Fsp3) is 0.364. The van der Waals surface area contributed by atoms with Gasteiger partial charge in [0.25, 0.3) is 11.8 Å². The SMILES string of the molecule is CCN1CCN(C(=O)CC2CCC(OC)N(C(=O)c3ccc(NC(=O)c4ccccc4Cl)cc3)c3ccc(Cl)cc32)CC1. The molecule has 3 amide bonds. The first-order chi connectivity index (χ1) is 20.8. The topological polar surface area (TPSA) is 82.2 Å². The van der Waals surface area contributed by atoms with Crippen molar-refractivity contribution < 1.29 is 19.1 Å². The number of carbonyl (C=O) groups is 3. The molecule has 2 unspecified atom stereocenters. The van der Waals surface area contributed by atoms with E-state index in [2.05, 4.69) is 17.1 Å². The third-order valence-electron chi connectivity index (χ3n) is 8.33. The van der Waals surface area contributed by atoms with Crippen molar-refractivity contribution in [3.8, 4) is 0 Å². The average molecular weight is 624 g/mol. The number of benzene rings is 3. The molecule has 0 aromatic heterocycles. The molecule has 1 saturated heterocycles. The van der Waals surface area contributed by atoms with Crippen LogP contribution in [0, 0.1) is 0 Å². The molecule has 0 radical (unpaired) electrons. The number of anilines is 2. The molecular weight excluding hydrogens is 587 g/mol. The van der Waals surface area contributed by atoms with Gasteiger partial charge in [-0.2, -0.15) is 0 Å². The lowest BCUT2D eigenvalue weighted by molar-refractivity contribution is -0.133. The lowest BCUT2D eigenvalue weighted by Gasteiger charge is -2.35. The highest BCUT2D eigenvalue weighted by Crippen LogP contribution is 2.41. The number of nitrogens with one attached hydrogen (secondary N) is 1. The van der Waals surface area contributed by atoms with Crippen molar-refractivity contribution in [2.24, 2.45) is 0 Å². The molecule has 1 fully saturated rings. The first kappa shape index (κ1) is 31.0. The number of amides is 3. The van der Waals surface area contributed by atoms with E-state index in [-0.39, 0.29) is 23.6 Å². The molecule has 3 aromatic carbocycles. The van der Waals surface area contributed by atoms with E-state index < -0.39 is 6.23 Å². The summed E-state index contributed by atoms with van der Waals surface area (Å²) in [6.45, 7) is 6.33. The monoisotopic (exact) mass is 622 g/mol. The van der Waals surface area contributed by atoms with Gasteiger partial charge in [0.15, 0.2) is 0 Å². The fourth-order valence-electron chi connectivity index (χ4n) is 5.86. The van der Waals surface area contributed by atoms with Crippen LogP contribution < -0.4 is 10.2 Å². The summed E-state index contributed by atoms with van der Waals surface area (Å²) >= 11 is 12.6. The predicted octanol–water partition coefficient (Wildman–Crippen LogP) is 6.30. The number of hydrogen-bond donors (Lipinski definition) is 1. The zero-order valence-electron chi connectivity index (χ0n) is 24.4. The number of nitrogens with zero attached hydrogens (tertiary/aromatic N) is 3. The number of rotatable bonds is 7. The highest BCUT2D eigenvalue weighted by atomic mass is 35.5. The van der Waals surface area contributed by atoms with E-state index in [0.29, 0.717) is 51.8 Å². The summed E-state index contributed by atoms with van der Waals surface area (Å²) in [7, 11) is 1.59. The summed E-state index contributed by atoms with van der Waals surface area (Å²) in [6, 6.07) is 19.0. The Morgan fingerprint density at radius 2 is 1.65 bits per heavy atom. The Morgan fingerprint density at radius 1 is 0.930 bits per heavy atom. The van der Waals surface area contributed by atoms with Gasteiger partial charge in [0.1, 0.15) is 6.23 Å². The maximum atomic E-state index is 14.0. The van der Waals surface area contributed by atoms with Crippen LogP contribution in [0.1, 0.15) is 58.4 Å². The largest absolute Gasteiger partial charge is 0.361 e. The Balaban J connectivity index is 1.37. The van der Waals surface area contributed by atoms with Gasteiger partial charge >= 0.3 is 0 Å². The van der Waals surface area contributed by atoms with Crippen molar-refractivity contribution in [1.29, 1.82) is 0 Å². The van der Waals surface area contributed by atoms with Crippen LogP contribution in [0.15, 0.2) is 66.7 Å². The zero-order valence-corrected chi connectivity index (χ0v) is 25.9. The summed E-state index contributed by atoms with van der Waals surface area (Å²) in [5, 5.41) is 3.74. The van der Waals surface area contributed by atoms with Crippen molar-refractivity contribution >= 4 is 52.3 Å². The van der Waals surface area contributed by atoms with E-state index in [9.17, 15) is 14.4 Å². The molecule has 2 atom stereocenters. The van der Waals surface area contributed by atoms with E-state index in [1.165, 1.54) is 0 Å². The van der Waals surface area contributed by atoms with Crippen molar-refractivity contribution in [3.63, 3.8) is 0 Å². The minimum absolute atomic E-state index is 0.108. The van der Waals surface area contributed by atoms with E-state index in [4.69, 9.17) is 27.9 Å². The van der Waals surface area contributed by atoms with Crippen LogP contribution in [0.3, 0.4) is 0 Å². The van der Waals surface area contributed by atoms with Crippen LogP contribution in [0.5, 0.6) is 0 Å². The summed E-state index contributed by atoms with van der Waals surface area (Å²) in [5.74, 6) is -0.574. The number of halogens is 2. The molecular formula is C33H36Cl2N4O4. The average Bonchev–Trinajstić information content (AvgIpc) is 3.17. The lowest BCUT2D eigenvalue weighted by atomic mass is 9.90. The van der Waals surface area contributed by atoms with Crippen LogP contribution >= 0.6 is 23.2 Å². The second-order valence-electron chi connectivity index (χ2n) is 10.9. The number of piperazine rings is 1. The molecule has 0 spiro atoms. The van der Waals surface area contributed by atoms with Gasteiger partial charge < -0.3 is 19.9 Å². The van der Waals surface area contributed by atoms with Crippen LogP contribution in [-0.2, 0) is 9.53 Å². The summed E-state index contributed by atoms with van der Waals surface area (Å²) < 4.78 is 5.85. The van der Waals surface area contributed by atoms with Crippen LogP contribution in [0.25, 0.3) is 0 Å². The fourth-order valence-corrected chi connectivity index (χ4v) is 6.27. The normalized spacial score (nSPS) is 19.0. The molecule has 0 aliphatic carbocycles. The third kappa shape index (κ3) is 7.04. The van der Waals surface area contributed by atoms with E-state index >= 15 is 0 Å².